The first-order valence-electron chi connectivity index (χ1n) is 5.19. The molecule has 0 radical (unpaired) electrons. The first-order chi connectivity index (χ1) is 8.13. The van der Waals surface area contributed by atoms with Gasteiger partial charge in [0.2, 0.25) is 0 Å². The summed E-state index contributed by atoms with van der Waals surface area (Å²) in [6.45, 7) is 1.46. The molecule has 1 unspecified atom stereocenters. The van der Waals surface area contributed by atoms with Crippen molar-refractivity contribution in [1.82, 2.24) is 4.90 Å². The topological polar surface area (TPSA) is 108 Å². The first-order valence-corrected chi connectivity index (χ1v) is 5.19. The van der Waals surface area contributed by atoms with Gasteiger partial charge in [0.25, 0.3) is 0 Å². The van der Waals surface area contributed by atoms with Crippen molar-refractivity contribution in [2.24, 2.45) is 10.5 Å². The number of carboxylic acid groups (broad SMARTS) is 1. The molecule has 1 rings (SSSR count). The number of likely N-dealkylation sites (tertiary alicyclic amines) is 1. The number of ether oxygens (including phenoxy) is 2. The minimum absolute atomic E-state index is 0.144. The Morgan fingerprint density at radius 3 is 3.00 bits per heavy atom. The third-order valence-corrected chi connectivity index (χ3v) is 2.79. The highest BCUT2D eigenvalue weighted by atomic mass is 16.7. The van der Waals surface area contributed by atoms with Crippen LogP contribution >= 0.6 is 0 Å². The Balaban J connectivity index is 2.60. The summed E-state index contributed by atoms with van der Waals surface area (Å²) in [4.78, 5) is 14.9. The quantitative estimate of drug-likeness (QED) is 0.249. The number of hydrogen-bond donors (Lipinski definition) is 1. The molecule has 1 amide bonds. The van der Waals surface area contributed by atoms with Gasteiger partial charge in [0.1, 0.15) is 6.79 Å². The zero-order chi connectivity index (χ0) is 12.7. The second-order valence-corrected chi connectivity index (χ2v) is 4.10. The lowest BCUT2D eigenvalue weighted by atomic mass is 9.88. The van der Waals surface area contributed by atoms with Gasteiger partial charge < -0.3 is 19.5 Å². The molecule has 0 aliphatic carbocycles. The molecular formula is C9H16N4O4. The Kier molecular flexibility index (Phi) is 5.02. The third kappa shape index (κ3) is 3.77. The summed E-state index contributed by atoms with van der Waals surface area (Å²) in [7, 11) is 1.51. The maximum Gasteiger partial charge on any atom is 0.407 e. The summed E-state index contributed by atoms with van der Waals surface area (Å²) < 4.78 is 10.0. The Labute approximate surface area is 98.7 Å². The number of carbonyl (C=O) groups is 1. The zero-order valence-electron chi connectivity index (χ0n) is 9.70. The molecule has 1 N–H and O–H groups in total. The van der Waals surface area contributed by atoms with E-state index in [0.29, 0.717) is 26.1 Å². The van der Waals surface area contributed by atoms with Crippen LogP contribution in [0.25, 0.3) is 10.4 Å². The lowest BCUT2D eigenvalue weighted by molar-refractivity contribution is -0.0606. The van der Waals surface area contributed by atoms with E-state index in [4.69, 9.17) is 20.1 Å². The summed E-state index contributed by atoms with van der Waals surface area (Å²) >= 11 is 0. The Hall–Kier alpha value is -1.50. The van der Waals surface area contributed by atoms with E-state index in [1.807, 2.05) is 0 Å². The molecule has 0 aromatic heterocycles. The van der Waals surface area contributed by atoms with Gasteiger partial charge in [-0.2, -0.15) is 0 Å². The van der Waals surface area contributed by atoms with Gasteiger partial charge in [-0.05, 0) is 12.0 Å². The molecule has 1 fully saturated rings. The molecule has 0 saturated carbocycles. The van der Waals surface area contributed by atoms with Gasteiger partial charge in [-0.15, -0.1) is 0 Å². The van der Waals surface area contributed by atoms with E-state index in [9.17, 15) is 4.79 Å². The molecule has 0 spiro atoms. The molecule has 1 aliphatic rings. The molecule has 17 heavy (non-hydrogen) atoms. The molecule has 1 atom stereocenters. The first kappa shape index (κ1) is 13.6. The van der Waals surface area contributed by atoms with Crippen LogP contribution in [0.5, 0.6) is 0 Å². The van der Waals surface area contributed by atoms with Crippen LogP contribution in [0.2, 0.25) is 0 Å². The van der Waals surface area contributed by atoms with E-state index >= 15 is 0 Å². The molecule has 0 aromatic carbocycles. The van der Waals surface area contributed by atoms with Crippen molar-refractivity contribution in [2.45, 2.75) is 6.42 Å². The number of nitrogens with zero attached hydrogens (tertiary/aromatic N) is 4. The average Bonchev–Trinajstić information content (AvgIpc) is 2.72. The van der Waals surface area contributed by atoms with Gasteiger partial charge in [0.15, 0.2) is 0 Å². The largest absolute Gasteiger partial charge is 0.465 e. The number of amides is 1. The fourth-order valence-electron chi connectivity index (χ4n) is 1.91. The van der Waals surface area contributed by atoms with Crippen LogP contribution in [-0.2, 0) is 9.47 Å². The van der Waals surface area contributed by atoms with Gasteiger partial charge in [-0.1, -0.05) is 5.11 Å². The van der Waals surface area contributed by atoms with Gasteiger partial charge in [0.05, 0.1) is 6.61 Å². The normalized spacial score (nSPS) is 23.5. The van der Waals surface area contributed by atoms with Gasteiger partial charge in [-0.3, -0.25) is 0 Å². The van der Waals surface area contributed by atoms with Gasteiger partial charge >= 0.3 is 6.09 Å². The molecule has 1 aliphatic heterocycles. The van der Waals surface area contributed by atoms with Crippen molar-refractivity contribution in [2.75, 3.05) is 40.1 Å². The number of rotatable bonds is 6. The standard InChI is InChI=1S/C9H16N4O4/c1-16-7-17-6-9(4-11-12-10)2-3-13(5-9)8(14)15/h2-7H2,1H3,(H,14,15). The van der Waals surface area contributed by atoms with E-state index in [0.717, 1.165) is 0 Å². The SMILES string of the molecule is COCOCC1(CN=[N+]=[N-])CCN(C(=O)O)C1. The van der Waals surface area contributed by atoms with Crippen LogP contribution < -0.4 is 0 Å². The molecule has 0 aromatic rings. The molecule has 8 nitrogen and oxygen atoms in total. The molecule has 1 heterocycles. The molecule has 1 saturated heterocycles. The third-order valence-electron chi connectivity index (χ3n) is 2.79. The maximum absolute atomic E-state index is 10.9. The highest BCUT2D eigenvalue weighted by Gasteiger charge is 2.39. The van der Waals surface area contributed by atoms with Crippen molar-refractivity contribution in [3.05, 3.63) is 10.4 Å². The van der Waals surface area contributed by atoms with E-state index in [2.05, 4.69) is 10.0 Å². The maximum atomic E-state index is 10.9. The smallest absolute Gasteiger partial charge is 0.407 e. The second-order valence-electron chi connectivity index (χ2n) is 4.10. The lowest BCUT2D eigenvalue weighted by Crippen LogP contribution is -2.36. The van der Waals surface area contributed by atoms with E-state index in [1.54, 1.807) is 0 Å². The monoisotopic (exact) mass is 244 g/mol. The van der Waals surface area contributed by atoms with E-state index in [1.165, 1.54) is 12.0 Å². The Bertz CT molecular complexity index is 318. The highest BCUT2D eigenvalue weighted by Crippen LogP contribution is 2.31. The summed E-state index contributed by atoms with van der Waals surface area (Å²) in [5, 5.41) is 12.4. The Morgan fingerprint density at radius 2 is 2.47 bits per heavy atom. The van der Waals surface area contributed by atoms with Crippen LogP contribution in [0.4, 0.5) is 4.79 Å². The van der Waals surface area contributed by atoms with Crippen molar-refractivity contribution in [1.29, 1.82) is 0 Å². The summed E-state index contributed by atoms with van der Waals surface area (Å²) in [5.74, 6) is 0. The summed E-state index contributed by atoms with van der Waals surface area (Å²) in [6.07, 6.45) is -0.332. The fraction of sp³-hybridized carbons (Fsp3) is 0.889. The average molecular weight is 244 g/mol. The van der Waals surface area contributed by atoms with Crippen LogP contribution in [0, 0.1) is 5.41 Å². The van der Waals surface area contributed by atoms with Gasteiger partial charge in [-0.25, -0.2) is 4.79 Å². The van der Waals surface area contributed by atoms with Crippen LogP contribution in [0.15, 0.2) is 5.11 Å². The molecule has 96 valence electrons. The molecule has 0 bridgehead atoms. The summed E-state index contributed by atoms with van der Waals surface area (Å²) in [6, 6.07) is 0. The molecule has 8 heteroatoms. The van der Waals surface area contributed by atoms with Crippen molar-refractivity contribution in [3.63, 3.8) is 0 Å². The minimum Gasteiger partial charge on any atom is -0.465 e. The van der Waals surface area contributed by atoms with Crippen LogP contribution in [0.1, 0.15) is 6.42 Å². The predicted octanol–water partition coefficient (Wildman–Crippen LogP) is 1.29. The number of methoxy groups -OCH3 is 1. The van der Waals surface area contributed by atoms with E-state index < -0.39 is 11.5 Å². The minimum atomic E-state index is -0.959. The van der Waals surface area contributed by atoms with Crippen molar-refractivity contribution >= 4 is 6.09 Å². The Morgan fingerprint density at radius 1 is 1.71 bits per heavy atom. The second kappa shape index (κ2) is 6.29. The van der Waals surface area contributed by atoms with Crippen LogP contribution in [-0.4, -0.2) is 56.2 Å². The predicted molar refractivity (Wildman–Crippen MR) is 58.5 cm³/mol. The lowest BCUT2D eigenvalue weighted by Gasteiger charge is -2.26. The fourth-order valence-corrected chi connectivity index (χ4v) is 1.91. The highest BCUT2D eigenvalue weighted by molar-refractivity contribution is 5.65. The molecular weight excluding hydrogens is 228 g/mol. The van der Waals surface area contributed by atoms with Gasteiger partial charge in [0, 0.05) is 37.1 Å². The zero-order valence-corrected chi connectivity index (χ0v) is 9.70. The summed E-state index contributed by atoms with van der Waals surface area (Å²) in [5.41, 5.74) is 7.92. The van der Waals surface area contributed by atoms with Crippen molar-refractivity contribution in [3.8, 4) is 0 Å². The van der Waals surface area contributed by atoms with Crippen LogP contribution in [0.3, 0.4) is 0 Å². The number of azide groups is 1. The van der Waals surface area contributed by atoms with Crippen molar-refractivity contribution < 1.29 is 19.4 Å². The van der Waals surface area contributed by atoms with E-state index in [-0.39, 0.29) is 13.3 Å². The number of hydrogen-bond acceptors (Lipinski definition) is 4.